The van der Waals surface area contributed by atoms with Gasteiger partial charge in [-0.3, -0.25) is 10.1 Å². The maximum Gasteiger partial charge on any atom is 0.270 e. The summed E-state index contributed by atoms with van der Waals surface area (Å²) in [5.41, 5.74) is 1.24. The van der Waals surface area contributed by atoms with Gasteiger partial charge in [0.15, 0.2) is 0 Å². The first kappa shape index (κ1) is 13.8. The second kappa shape index (κ2) is 4.70. The van der Waals surface area contributed by atoms with Crippen molar-refractivity contribution in [1.29, 1.82) is 0 Å². The molecule has 1 aromatic rings. The Bertz CT molecular complexity index is 561. The normalized spacial score (nSPS) is 27.6. The maximum atomic E-state index is 10.8. The summed E-state index contributed by atoms with van der Waals surface area (Å²) in [6, 6.07) is 5.04. The van der Waals surface area contributed by atoms with E-state index in [1.807, 2.05) is 6.07 Å². The number of nitro groups is 1. The fraction of sp³-hybridized carbons (Fsp3) is 0.571. The third-order valence-corrected chi connectivity index (χ3v) is 5.43. The van der Waals surface area contributed by atoms with Gasteiger partial charge in [-0.15, -0.1) is 0 Å². The summed E-state index contributed by atoms with van der Waals surface area (Å²) in [7, 11) is 0. The van der Waals surface area contributed by atoms with E-state index in [1.54, 1.807) is 12.1 Å². The van der Waals surface area contributed by atoms with Crippen LogP contribution in [0.2, 0.25) is 0 Å². The first-order chi connectivity index (χ1) is 9.41. The smallest absolute Gasteiger partial charge is 0.270 e. The van der Waals surface area contributed by atoms with E-state index in [4.69, 9.17) is 0 Å². The summed E-state index contributed by atoms with van der Waals surface area (Å²) in [5.74, 6) is 1.29. The molecule has 1 aromatic carbocycles. The highest BCUT2D eigenvalue weighted by atomic mass is 79.9. The summed E-state index contributed by atoms with van der Waals surface area (Å²) in [4.78, 5) is 12.9. The zero-order valence-electron chi connectivity index (χ0n) is 11.6. The van der Waals surface area contributed by atoms with Gasteiger partial charge in [-0.2, -0.15) is 0 Å². The quantitative estimate of drug-likeness (QED) is 0.664. The van der Waals surface area contributed by atoms with Gasteiger partial charge in [0.05, 0.1) is 10.6 Å². The van der Waals surface area contributed by atoms with Crippen LogP contribution in [0.4, 0.5) is 11.4 Å². The molecular formula is C14H18BrN3O2. The van der Waals surface area contributed by atoms with E-state index in [1.165, 1.54) is 0 Å². The molecule has 5 nitrogen and oxygen atoms in total. The molecule has 0 amide bonds. The number of hydrogen-bond acceptors (Lipinski definition) is 4. The van der Waals surface area contributed by atoms with E-state index in [-0.39, 0.29) is 16.1 Å². The van der Waals surface area contributed by atoms with Crippen LogP contribution in [0.3, 0.4) is 0 Å². The monoisotopic (exact) mass is 339 g/mol. The van der Waals surface area contributed by atoms with Crippen molar-refractivity contribution in [2.75, 3.05) is 24.5 Å². The standard InChI is InChI=1S/C14H18BrN3O2/c1-14(2)11-7-16-6-9(11)8-17(14)13-4-3-10(18(19)20)5-12(13)15/h3-5,9,11,16H,6-8H2,1-2H3. The molecule has 2 saturated heterocycles. The van der Waals surface area contributed by atoms with Crippen molar-refractivity contribution in [1.82, 2.24) is 5.32 Å². The lowest BCUT2D eigenvalue weighted by molar-refractivity contribution is -0.384. The van der Waals surface area contributed by atoms with Crippen LogP contribution in [0.25, 0.3) is 0 Å². The number of rotatable bonds is 2. The van der Waals surface area contributed by atoms with Crippen molar-refractivity contribution in [3.05, 3.63) is 32.8 Å². The van der Waals surface area contributed by atoms with Gasteiger partial charge in [0.25, 0.3) is 5.69 Å². The molecule has 6 heteroatoms. The van der Waals surface area contributed by atoms with Crippen LogP contribution < -0.4 is 10.2 Å². The minimum atomic E-state index is -0.359. The number of nitrogens with zero attached hydrogens (tertiary/aromatic N) is 2. The van der Waals surface area contributed by atoms with Crippen molar-refractivity contribution in [3.8, 4) is 0 Å². The summed E-state index contributed by atoms with van der Waals surface area (Å²) >= 11 is 3.50. The van der Waals surface area contributed by atoms with Gasteiger partial charge in [0.1, 0.15) is 0 Å². The zero-order chi connectivity index (χ0) is 14.5. The first-order valence-corrected chi connectivity index (χ1v) is 7.63. The van der Waals surface area contributed by atoms with E-state index in [9.17, 15) is 10.1 Å². The van der Waals surface area contributed by atoms with Crippen LogP contribution >= 0.6 is 15.9 Å². The van der Waals surface area contributed by atoms with Crippen molar-refractivity contribution < 1.29 is 4.92 Å². The summed E-state index contributed by atoms with van der Waals surface area (Å²) < 4.78 is 0.799. The second-order valence-corrected chi connectivity index (χ2v) is 7.04. The average Bonchev–Trinajstić information content (AvgIpc) is 2.92. The molecular weight excluding hydrogens is 322 g/mol. The van der Waals surface area contributed by atoms with Gasteiger partial charge in [-0.25, -0.2) is 0 Å². The Hall–Kier alpha value is -1.14. The molecule has 0 saturated carbocycles. The van der Waals surface area contributed by atoms with Crippen LogP contribution in [-0.2, 0) is 0 Å². The van der Waals surface area contributed by atoms with E-state index < -0.39 is 0 Å². The largest absolute Gasteiger partial charge is 0.365 e. The molecule has 108 valence electrons. The SMILES string of the molecule is CC1(C)C2CNCC2CN1c1ccc([N+](=O)[O-])cc1Br. The van der Waals surface area contributed by atoms with E-state index in [0.717, 1.165) is 29.8 Å². The van der Waals surface area contributed by atoms with E-state index >= 15 is 0 Å². The van der Waals surface area contributed by atoms with Gasteiger partial charge in [-0.05, 0) is 47.7 Å². The van der Waals surface area contributed by atoms with E-state index in [0.29, 0.717) is 11.8 Å². The lowest BCUT2D eigenvalue weighted by Gasteiger charge is -2.37. The maximum absolute atomic E-state index is 10.8. The third-order valence-electron chi connectivity index (χ3n) is 4.79. The highest BCUT2D eigenvalue weighted by Crippen LogP contribution is 2.45. The van der Waals surface area contributed by atoms with Crippen molar-refractivity contribution in [2.45, 2.75) is 19.4 Å². The molecule has 2 fully saturated rings. The highest BCUT2D eigenvalue weighted by Gasteiger charge is 2.49. The molecule has 0 radical (unpaired) electrons. The van der Waals surface area contributed by atoms with Crippen LogP contribution in [0, 0.1) is 22.0 Å². The number of benzene rings is 1. The van der Waals surface area contributed by atoms with Crippen molar-refractivity contribution in [2.24, 2.45) is 11.8 Å². The van der Waals surface area contributed by atoms with Gasteiger partial charge in [-0.1, -0.05) is 0 Å². The van der Waals surface area contributed by atoms with Gasteiger partial charge < -0.3 is 10.2 Å². The summed E-state index contributed by atoms with van der Waals surface area (Å²) in [6.07, 6.45) is 0. The molecule has 0 aromatic heterocycles. The Morgan fingerprint density at radius 3 is 2.80 bits per heavy atom. The number of fused-ring (bicyclic) bond motifs is 1. The van der Waals surface area contributed by atoms with Gasteiger partial charge in [0.2, 0.25) is 0 Å². The fourth-order valence-corrected chi connectivity index (χ4v) is 4.24. The highest BCUT2D eigenvalue weighted by molar-refractivity contribution is 9.10. The fourth-order valence-electron chi connectivity index (χ4n) is 3.66. The molecule has 1 N–H and O–H groups in total. The van der Waals surface area contributed by atoms with E-state index in [2.05, 4.69) is 40.0 Å². The minimum absolute atomic E-state index is 0.0623. The third kappa shape index (κ3) is 2.02. The van der Waals surface area contributed by atoms with Gasteiger partial charge in [0, 0.05) is 41.8 Å². The zero-order valence-corrected chi connectivity index (χ0v) is 13.2. The Labute approximate surface area is 126 Å². The molecule has 2 unspecified atom stereocenters. The van der Waals surface area contributed by atoms with Crippen molar-refractivity contribution in [3.63, 3.8) is 0 Å². The van der Waals surface area contributed by atoms with Crippen molar-refractivity contribution >= 4 is 27.3 Å². The average molecular weight is 340 g/mol. The Morgan fingerprint density at radius 1 is 1.45 bits per heavy atom. The number of halogens is 1. The predicted molar refractivity (Wildman–Crippen MR) is 82.1 cm³/mol. The number of nitrogens with one attached hydrogen (secondary N) is 1. The Kier molecular flexibility index (Phi) is 3.25. The molecule has 0 spiro atoms. The topological polar surface area (TPSA) is 58.4 Å². The molecule has 2 heterocycles. The van der Waals surface area contributed by atoms with Crippen LogP contribution in [0.5, 0.6) is 0 Å². The lowest BCUT2D eigenvalue weighted by Crippen LogP contribution is -2.44. The summed E-state index contributed by atoms with van der Waals surface area (Å²) in [5, 5.41) is 14.3. The minimum Gasteiger partial charge on any atom is -0.365 e. The predicted octanol–water partition coefficient (Wildman–Crippen LogP) is 2.79. The number of anilines is 1. The Morgan fingerprint density at radius 2 is 2.20 bits per heavy atom. The molecule has 0 bridgehead atoms. The van der Waals surface area contributed by atoms with Gasteiger partial charge >= 0.3 is 0 Å². The number of nitro benzene ring substituents is 1. The summed E-state index contributed by atoms with van der Waals surface area (Å²) in [6.45, 7) is 7.64. The number of hydrogen-bond donors (Lipinski definition) is 1. The van der Waals surface area contributed by atoms with Crippen LogP contribution in [0.15, 0.2) is 22.7 Å². The molecule has 2 atom stereocenters. The molecule has 2 aliphatic heterocycles. The molecule has 3 rings (SSSR count). The van der Waals surface area contributed by atoms with Crippen LogP contribution in [0.1, 0.15) is 13.8 Å². The molecule has 2 aliphatic rings. The second-order valence-electron chi connectivity index (χ2n) is 6.18. The Balaban J connectivity index is 1.95. The number of non-ortho nitro benzene ring substituents is 1. The molecule has 0 aliphatic carbocycles. The van der Waals surface area contributed by atoms with Crippen LogP contribution in [-0.4, -0.2) is 30.1 Å². The lowest BCUT2D eigenvalue weighted by atomic mass is 9.84. The molecule has 20 heavy (non-hydrogen) atoms. The first-order valence-electron chi connectivity index (χ1n) is 6.83.